The Morgan fingerprint density at radius 1 is 1.64 bits per heavy atom. The highest BCUT2D eigenvalue weighted by molar-refractivity contribution is 5.93. The number of ether oxygens (including phenoxy) is 1. The summed E-state index contributed by atoms with van der Waals surface area (Å²) in [6.07, 6.45) is 1.30. The van der Waals surface area contributed by atoms with Crippen LogP contribution in [0.4, 0.5) is 0 Å². The molecule has 5 nitrogen and oxygen atoms in total. The van der Waals surface area contributed by atoms with E-state index in [1.807, 2.05) is 0 Å². The number of nitrogens with zero attached hydrogens (tertiary/aromatic N) is 2. The van der Waals surface area contributed by atoms with E-state index in [1.165, 1.54) is 19.5 Å². The lowest BCUT2D eigenvalue weighted by Crippen LogP contribution is -2.13. The first-order valence-corrected chi connectivity index (χ1v) is 2.94. The van der Waals surface area contributed by atoms with Crippen molar-refractivity contribution in [3.63, 3.8) is 0 Å². The van der Waals surface area contributed by atoms with Crippen LogP contribution in [0.15, 0.2) is 12.4 Å². The van der Waals surface area contributed by atoms with Crippen molar-refractivity contribution in [2.75, 3.05) is 7.11 Å². The first-order chi connectivity index (χ1) is 5.24. The van der Waals surface area contributed by atoms with Crippen molar-refractivity contribution >= 4 is 5.84 Å². The Hall–Kier alpha value is -1.65. The Balaban J connectivity index is 3.01. The first-order valence-electron chi connectivity index (χ1n) is 2.94. The largest absolute Gasteiger partial charge is 0.481 e. The fourth-order valence-corrected chi connectivity index (χ4v) is 0.598. The zero-order valence-electron chi connectivity index (χ0n) is 6.03. The molecule has 0 saturated carbocycles. The van der Waals surface area contributed by atoms with E-state index in [0.717, 1.165) is 0 Å². The molecule has 0 fully saturated rings. The third-order valence-electron chi connectivity index (χ3n) is 1.13. The Labute approximate surface area is 63.7 Å². The Kier molecular flexibility index (Phi) is 2.00. The lowest BCUT2D eigenvalue weighted by atomic mass is 10.4. The maximum Gasteiger partial charge on any atom is 0.216 e. The molecule has 1 heterocycles. The van der Waals surface area contributed by atoms with Crippen LogP contribution in [0.1, 0.15) is 5.69 Å². The van der Waals surface area contributed by atoms with Crippen molar-refractivity contribution in [3.8, 4) is 5.88 Å². The second-order valence-electron chi connectivity index (χ2n) is 1.86. The van der Waals surface area contributed by atoms with Crippen LogP contribution >= 0.6 is 0 Å². The number of nitrogens with one attached hydrogen (secondary N) is 1. The van der Waals surface area contributed by atoms with Crippen molar-refractivity contribution in [2.24, 2.45) is 5.73 Å². The van der Waals surface area contributed by atoms with Crippen LogP contribution in [0.25, 0.3) is 0 Å². The summed E-state index contributed by atoms with van der Waals surface area (Å²) in [6.45, 7) is 0. The number of nitrogen functional groups attached to an aromatic ring is 1. The normalized spacial score (nSPS) is 9.18. The molecule has 0 saturated heterocycles. The molecular formula is C6H8N4O. The van der Waals surface area contributed by atoms with Gasteiger partial charge in [-0.2, -0.15) is 0 Å². The van der Waals surface area contributed by atoms with Crippen molar-refractivity contribution in [3.05, 3.63) is 18.1 Å². The average Bonchev–Trinajstić information content (AvgIpc) is 2.05. The summed E-state index contributed by atoms with van der Waals surface area (Å²) in [5.74, 6) is 0.316. The van der Waals surface area contributed by atoms with Crippen LogP contribution in [-0.2, 0) is 0 Å². The second-order valence-corrected chi connectivity index (χ2v) is 1.86. The molecular weight excluding hydrogens is 144 g/mol. The van der Waals surface area contributed by atoms with Gasteiger partial charge < -0.3 is 10.5 Å². The zero-order chi connectivity index (χ0) is 8.27. The van der Waals surface area contributed by atoms with Crippen LogP contribution in [0.5, 0.6) is 5.88 Å². The number of nitrogens with two attached hydrogens (primary N) is 1. The molecule has 1 aromatic heterocycles. The molecule has 0 aliphatic carbocycles. The summed E-state index contributed by atoms with van der Waals surface area (Å²) in [5.41, 5.74) is 5.55. The van der Waals surface area contributed by atoms with Crippen molar-refractivity contribution < 1.29 is 4.74 Å². The standard InChI is InChI=1S/C6H8N4O/c1-11-5-2-4(6(7)8)9-3-10-5/h2-3H,1H3,(H3,7,8). The zero-order valence-corrected chi connectivity index (χ0v) is 6.03. The van der Waals surface area contributed by atoms with Gasteiger partial charge >= 0.3 is 0 Å². The summed E-state index contributed by atoms with van der Waals surface area (Å²) in [6, 6.07) is 1.50. The van der Waals surface area contributed by atoms with E-state index in [2.05, 4.69) is 9.97 Å². The van der Waals surface area contributed by atoms with Gasteiger partial charge in [-0.1, -0.05) is 0 Å². The van der Waals surface area contributed by atoms with Gasteiger partial charge in [0.15, 0.2) is 0 Å². The lowest BCUT2D eigenvalue weighted by Gasteiger charge is -1.99. The van der Waals surface area contributed by atoms with Crippen LogP contribution in [0.3, 0.4) is 0 Å². The number of methoxy groups -OCH3 is 1. The highest BCUT2D eigenvalue weighted by Crippen LogP contribution is 2.03. The second kappa shape index (κ2) is 2.96. The van der Waals surface area contributed by atoms with Gasteiger partial charge in [0.2, 0.25) is 5.88 Å². The number of rotatable bonds is 2. The predicted molar refractivity (Wildman–Crippen MR) is 39.6 cm³/mol. The Morgan fingerprint density at radius 2 is 2.36 bits per heavy atom. The van der Waals surface area contributed by atoms with E-state index in [-0.39, 0.29) is 5.84 Å². The van der Waals surface area contributed by atoms with Crippen LogP contribution in [-0.4, -0.2) is 22.9 Å². The Morgan fingerprint density at radius 3 is 2.91 bits per heavy atom. The number of hydrogen-bond acceptors (Lipinski definition) is 4. The topological polar surface area (TPSA) is 84.9 Å². The maximum absolute atomic E-state index is 7.04. The van der Waals surface area contributed by atoms with E-state index >= 15 is 0 Å². The summed E-state index contributed by atoms with van der Waals surface area (Å²) in [4.78, 5) is 7.50. The molecule has 11 heavy (non-hydrogen) atoms. The van der Waals surface area contributed by atoms with Gasteiger partial charge in [-0.05, 0) is 0 Å². The molecule has 1 aromatic rings. The third kappa shape index (κ3) is 1.64. The van der Waals surface area contributed by atoms with Gasteiger partial charge in [0.1, 0.15) is 17.9 Å². The lowest BCUT2D eigenvalue weighted by molar-refractivity contribution is 0.396. The van der Waals surface area contributed by atoms with E-state index in [4.69, 9.17) is 15.9 Å². The fraction of sp³-hybridized carbons (Fsp3) is 0.167. The number of amidine groups is 1. The highest BCUT2D eigenvalue weighted by atomic mass is 16.5. The van der Waals surface area contributed by atoms with Crippen molar-refractivity contribution in [1.82, 2.24) is 9.97 Å². The number of aromatic nitrogens is 2. The van der Waals surface area contributed by atoms with E-state index in [1.54, 1.807) is 0 Å². The predicted octanol–water partition coefficient (Wildman–Crippen LogP) is -0.231. The summed E-state index contributed by atoms with van der Waals surface area (Å²) in [7, 11) is 1.49. The molecule has 0 aliphatic heterocycles. The van der Waals surface area contributed by atoms with Crippen LogP contribution < -0.4 is 10.5 Å². The van der Waals surface area contributed by atoms with Crippen LogP contribution in [0, 0.1) is 5.41 Å². The summed E-state index contributed by atoms with van der Waals surface area (Å²) in [5, 5.41) is 7.04. The molecule has 58 valence electrons. The Bertz CT molecular complexity index is 273. The molecule has 0 spiro atoms. The fourth-order valence-electron chi connectivity index (χ4n) is 0.598. The molecule has 0 unspecified atom stereocenters. The monoisotopic (exact) mass is 152 g/mol. The minimum Gasteiger partial charge on any atom is -0.481 e. The van der Waals surface area contributed by atoms with Gasteiger partial charge in [0.25, 0.3) is 0 Å². The number of hydrogen-bond donors (Lipinski definition) is 2. The van der Waals surface area contributed by atoms with Gasteiger partial charge in [0.05, 0.1) is 7.11 Å². The molecule has 5 heteroatoms. The van der Waals surface area contributed by atoms with E-state index in [0.29, 0.717) is 11.6 Å². The molecule has 1 rings (SSSR count). The van der Waals surface area contributed by atoms with E-state index in [9.17, 15) is 0 Å². The average molecular weight is 152 g/mol. The molecule has 0 aromatic carbocycles. The third-order valence-corrected chi connectivity index (χ3v) is 1.13. The molecule has 0 aliphatic rings. The van der Waals surface area contributed by atoms with Gasteiger partial charge in [0, 0.05) is 6.07 Å². The van der Waals surface area contributed by atoms with E-state index < -0.39 is 0 Å². The van der Waals surface area contributed by atoms with Crippen molar-refractivity contribution in [1.29, 1.82) is 5.41 Å². The smallest absolute Gasteiger partial charge is 0.216 e. The maximum atomic E-state index is 7.04. The quantitative estimate of drug-likeness (QED) is 0.452. The minimum atomic E-state index is -0.0919. The molecule has 3 N–H and O–H groups in total. The van der Waals surface area contributed by atoms with Crippen molar-refractivity contribution in [2.45, 2.75) is 0 Å². The minimum absolute atomic E-state index is 0.0919. The summed E-state index contributed by atoms with van der Waals surface area (Å²) >= 11 is 0. The molecule has 0 radical (unpaired) electrons. The summed E-state index contributed by atoms with van der Waals surface area (Å²) < 4.78 is 4.80. The van der Waals surface area contributed by atoms with Gasteiger partial charge in [-0.15, -0.1) is 0 Å². The molecule has 0 bridgehead atoms. The highest BCUT2D eigenvalue weighted by Gasteiger charge is 1.99. The van der Waals surface area contributed by atoms with Gasteiger partial charge in [-0.25, -0.2) is 9.97 Å². The van der Waals surface area contributed by atoms with Gasteiger partial charge in [-0.3, -0.25) is 5.41 Å². The SMILES string of the molecule is COc1cc(C(=N)N)ncn1. The first kappa shape index (κ1) is 7.46. The molecule has 0 atom stereocenters. The molecule has 0 amide bonds. The van der Waals surface area contributed by atoms with Crippen LogP contribution in [0.2, 0.25) is 0 Å².